The van der Waals surface area contributed by atoms with Gasteiger partial charge in [-0.15, -0.1) is 0 Å². The van der Waals surface area contributed by atoms with Gasteiger partial charge in [-0.05, 0) is 19.1 Å². The molecule has 1 aromatic heterocycles. The number of hydrogen-bond acceptors (Lipinski definition) is 3. The van der Waals surface area contributed by atoms with Crippen LogP contribution in [0, 0.1) is 6.92 Å². The van der Waals surface area contributed by atoms with E-state index in [0.717, 1.165) is 11.3 Å². The van der Waals surface area contributed by atoms with Crippen molar-refractivity contribution in [3.63, 3.8) is 0 Å². The van der Waals surface area contributed by atoms with Crippen molar-refractivity contribution in [1.29, 1.82) is 0 Å². The molecule has 0 spiro atoms. The molecule has 5 heteroatoms. The second-order valence-corrected chi connectivity index (χ2v) is 3.96. The van der Waals surface area contributed by atoms with E-state index in [9.17, 15) is 4.79 Å². The van der Waals surface area contributed by atoms with E-state index in [1.165, 1.54) is 0 Å². The highest BCUT2D eigenvalue weighted by atomic mass is 16.5. The minimum atomic E-state index is -0.162. The van der Waals surface area contributed by atoms with Crippen LogP contribution in [-0.4, -0.2) is 23.0 Å². The van der Waals surface area contributed by atoms with Crippen LogP contribution in [0.2, 0.25) is 0 Å². The topological polar surface area (TPSA) is 67.0 Å². The van der Waals surface area contributed by atoms with Crippen molar-refractivity contribution in [2.45, 2.75) is 13.5 Å². The molecule has 0 radical (unpaired) electrons. The van der Waals surface area contributed by atoms with Gasteiger partial charge in [0.25, 0.3) is 5.91 Å². The van der Waals surface area contributed by atoms with Crippen LogP contribution in [0.25, 0.3) is 0 Å². The normalized spacial score (nSPS) is 10.1. The third-order valence-corrected chi connectivity index (χ3v) is 2.59. The Kier molecular flexibility index (Phi) is 3.62. The number of imidazole rings is 1. The van der Waals surface area contributed by atoms with Crippen LogP contribution in [-0.2, 0) is 6.54 Å². The van der Waals surface area contributed by atoms with Gasteiger partial charge in [0, 0.05) is 6.20 Å². The number of hydrogen-bond donors (Lipinski definition) is 2. The maximum absolute atomic E-state index is 12.0. The summed E-state index contributed by atoms with van der Waals surface area (Å²) in [7, 11) is 1.55. The molecule has 0 fully saturated rings. The Morgan fingerprint density at radius 1 is 1.50 bits per heavy atom. The van der Waals surface area contributed by atoms with Crippen molar-refractivity contribution >= 4 is 5.91 Å². The quantitative estimate of drug-likeness (QED) is 0.860. The average molecular weight is 245 g/mol. The lowest BCUT2D eigenvalue weighted by molar-refractivity contribution is 0.0947. The first-order valence-electron chi connectivity index (χ1n) is 5.61. The van der Waals surface area contributed by atoms with Crippen molar-refractivity contribution in [3.05, 3.63) is 47.5 Å². The molecule has 1 aromatic carbocycles. The van der Waals surface area contributed by atoms with Gasteiger partial charge >= 0.3 is 0 Å². The van der Waals surface area contributed by atoms with Crippen LogP contribution >= 0.6 is 0 Å². The van der Waals surface area contributed by atoms with Crippen LogP contribution in [0.15, 0.2) is 30.7 Å². The molecule has 2 rings (SSSR count). The number of aryl methyl sites for hydroxylation is 1. The maximum atomic E-state index is 12.0. The molecule has 0 unspecified atom stereocenters. The van der Waals surface area contributed by atoms with Crippen LogP contribution in [0.3, 0.4) is 0 Å². The molecule has 0 aliphatic heterocycles. The van der Waals surface area contributed by atoms with E-state index in [0.29, 0.717) is 17.9 Å². The molecule has 1 heterocycles. The van der Waals surface area contributed by atoms with E-state index < -0.39 is 0 Å². The van der Waals surface area contributed by atoms with Gasteiger partial charge < -0.3 is 15.0 Å². The van der Waals surface area contributed by atoms with Crippen LogP contribution < -0.4 is 10.1 Å². The summed E-state index contributed by atoms with van der Waals surface area (Å²) in [5.41, 5.74) is 2.41. The monoisotopic (exact) mass is 245 g/mol. The zero-order valence-electron chi connectivity index (χ0n) is 10.4. The Morgan fingerprint density at radius 3 is 3.00 bits per heavy atom. The Bertz CT molecular complexity index is 535. The molecule has 0 saturated carbocycles. The van der Waals surface area contributed by atoms with Crippen molar-refractivity contribution < 1.29 is 9.53 Å². The maximum Gasteiger partial charge on any atom is 0.255 e. The van der Waals surface area contributed by atoms with Gasteiger partial charge in [0.05, 0.1) is 31.2 Å². The van der Waals surface area contributed by atoms with Crippen molar-refractivity contribution in [2.24, 2.45) is 0 Å². The predicted octanol–water partition coefficient (Wildman–Crippen LogP) is 1.66. The third-order valence-electron chi connectivity index (χ3n) is 2.59. The number of ether oxygens (including phenoxy) is 1. The molecule has 2 N–H and O–H groups in total. The van der Waals surface area contributed by atoms with Gasteiger partial charge in [-0.2, -0.15) is 0 Å². The average Bonchev–Trinajstić information content (AvgIpc) is 2.89. The fourth-order valence-corrected chi connectivity index (χ4v) is 1.65. The summed E-state index contributed by atoms with van der Waals surface area (Å²) in [6.45, 7) is 2.35. The van der Waals surface area contributed by atoms with E-state index in [4.69, 9.17) is 4.74 Å². The fourth-order valence-electron chi connectivity index (χ4n) is 1.65. The number of amides is 1. The van der Waals surface area contributed by atoms with Crippen LogP contribution in [0.5, 0.6) is 5.75 Å². The first kappa shape index (κ1) is 12.2. The lowest BCUT2D eigenvalue weighted by atomic mass is 10.1. The number of carbonyl (C=O) groups is 1. The molecular weight excluding hydrogens is 230 g/mol. The zero-order valence-corrected chi connectivity index (χ0v) is 10.4. The highest BCUT2D eigenvalue weighted by Crippen LogP contribution is 2.19. The summed E-state index contributed by atoms with van der Waals surface area (Å²) in [5, 5.41) is 2.81. The number of aromatic nitrogens is 2. The lowest BCUT2D eigenvalue weighted by Gasteiger charge is -2.09. The molecule has 0 aliphatic carbocycles. The Hall–Kier alpha value is -2.30. The second-order valence-electron chi connectivity index (χ2n) is 3.96. The van der Waals surface area contributed by atoms with Crippen LogP contribution in [0.4, 0.5) is 0 Å². The number of nitrogens with zero attached hydrogens (tertiary/aromatic N) is 1. The van der Waals surface area contributed by atoms with Crippen LogP contribution in [0.1, 0.15) is 21.6 Å². The Morgan fingerprint density at radius 2 is 2.33 bits per heavy atom. The first-order valence-corrected chi connectivity index (χ1v) is 5.61. The van der Waals surface area contributed by atoms with Gasteiger partial charge in [-0.25, -0.2) is 4.98 Å². The summed E-state index contributed by atoms with van der Waals surface area (Å²) in [6.07, 6.45) is 3.25. The fraction of sp³-hybridized carbons (Fsp3) is 0.231. The molecule has 0 aliphatic rings. The first-order chi connectivity index (χ1) is 8.70. The van der Waals surface area contributed by atoms with E-state index in [2.05, 4.69) is 15.3 Å². The summed E-state index contributed by atoms with van der Waals surface area (Å²) >= 11 is 0. The molecule has 2 aromatic rings. The second kappa shape index (κ2) is 5.35. The largest absolute Gasteiger partial charge is 0.496 e. The van der Waals surface area contributed by atoms with Gasteiger partial charge in [0.15, 0.2) is 0 Å². The summed E-state index contributed by atoms with van der Waals surface area (Å²) in [6, 6.07) is 5.51. The molecule has 5 nitrogen and oxygen atoms in total. The van der Waals surface area contributed by atoms with E-state index in [1.54, 1.807) is 31.8 Å². The van der Waals surface area contributed by atoms with Crippen molar-refractivity contribution in [1.82, 2.24) is 15.3 Å². The van der Waals surface area contributed by atoms with E-state index >= 15 is 0 Å². The molecule has 1 amide bonds. The zero-order chi connectivity index (χ0) is 13.0. The minimum Gasteiger partial charge on any atom is -0.496 e. The number of aromatic amines is 1. The predicted molar refractivity (Wildman–Crippen MR) is 67.5 cm³/mol. The van der Waals surface area contributed by atoms with Gasteiger partial charge in [0.1, 0.15) is 5.75 Å². The minimum absolute atomic E-state index is 0.162. The summed E-state index contributed by atoms with van der Waals surface area (Å²) in [4.78, 5) is 18.9. The van der Waals surface area contributed by atoms with E-state index in [1.807, 2.05) is 13.0 Å². The summed E-state index contributed by atoms with van der Waals surface area (Å²) in [5.74, 6) is 0.410. The highest BCUT2D eigenvalue weighted by Gasteiger charge is 2.12. The number of carbonyl (C=O) groups excluding carboxylic acids is 1. The van der Waals surface area contributed by atoms with E-state index in [-0.39, 0.29) is 5.91 Å². The molecule has 0 saturated heterocycles. The molecule has 0 bridgehead atoms. The Balaban J connectivity index is 2.10. The standard InChI is InChI=1S/C13H15N3O2/c1-9-3-4-12(18-2)11(5-9)13(17)15-7-10-6-14-8-16-10/h3-6,8H,7H2,1-2H3,(H,14,16)(H,15,17). The molecule has 0 atom stereocenters. The lowest BCUT2D eigenvalue weighted by Crippen LogP contribution is -2.23. The smallest absolute Gasteiger partial charge is 0.255 e. The third kappa shape index (κ3) is 2.68. The summed E-state index contributed by atoms with van der Waals surface area (Å²) < 4.78 is 5.18. The highest BCUT2D eigenvalue weighted by molar-refractivity contribution is 5.97. The number of benzene rings is 1. The molecule has 94 valence electrons. The van der Waals surface area contributed by atoms with Crippen molar-refractivity contribution in [2.75, 3.05) is 7.11 Å². The molecular formula is C13H15N3O2. The Labute approximate surface area is 105 Å². The number of methoxy groups -OCH3 is 1. The number of rotatable bonds is 4. The van der Waals surface area contributed by atoms with Gasteiger partial charge in [-0.1, -0.05) is 11.6 Å². The van der Waals surface area contributed by atoms with Gasteiger partial charge in [-0.3, -0.25) is 4.79 Å². The molecule has 18 heavy (non-hydrogen) atoms. The SMILES string of the molecule is COc1ccc(C)cc1C(=O)NCc1cnc[nH]1. The number of nitrogens with one attached hydrogen (secondary N) is 2. The number of H-pyrrole nitrogens is 1. The van der Waals surface area contributed by atoms with Gasteiger partial charge in [0.2, 0.25) is 0 Å². The van der Waals surface area contributed by atoms with Crippen molar-refractivity contribution in [3.8, 4) is 5.75 Å².